The average molecular weight is 388 g/mol. The Labute approximate surface area is 153 Å². The van der Waals surface area contributed by atoms with Gasteiger partial charge in [0.25, 0.3) is 0 Å². The fourth-order valence-electron chi connectivity index (χ4n) is 2.49. The van der Waals surface area contributed by atoms with E-state index in [0.717, 1.165) is 13.8 Å². The van der Waals surface area contributed by atoms with Crippen LogP contribution in [-0.4, -0.2) is 72.7 Å². The Hall–Kier alpha value is -2.89. The van der Waals surface area contributed by atoms with Gasteiger partial charge in [-0.25, -0.2) is 4.79 Å². The zero-order valence-corrected chi connectivity index (χ0v) is 14.9. The second-order valence-corrected chi connectivity index (χ2v) is 5.54. The normalized spacial score (nSPS) is 27.0. The van der Waals surface area contributed by atoms with Gasteiger partial charge < -0.3 is 29.4 Å². The molecule has 1 amide bonds. The highest BCUT2D eigenvalue weighted by Crippen LogP contribution is 2.27. The summed E-state index contributed by atoms with van der Waals surface area (Å²) in [6.07, 6.45) is -4.95. The molecule has 0 aromatic carbocycles. The van der Waals surface area contributed by atoms with Crippen molar-refractivity contribution in [1.29, 1.82) is 0 Å². The highest BCUT2D eigenvalue weighted by Gasteiger charge is 2.49. The van der Waals surface area contributed by atoms with Gasteiger partial charge in [-0.3, -0.25) is 14.4 Å². The molecule has 1 aliphatic rings. The molecule has 13 nitrogen and oxygen atoms in total. The quantitative estimate of drug-likeness (QED) is 0.239. The second-order valence-electron chi connectivity index (χ2n) is 5.54. The maximum absolute atomic E-state index is 11.5. The molecule has 2 unspecified atom stereocenters. The molecule has 1 rings (SSSR count). The van der Waals surface area contributed by atoms with Gasteiger partial charge in [0, 0.05) is 25.7 Å². The van der Waals surface area contributed by atoms with Crippen LogP contribution in [0.3, 0.4) is 0 Å². The fraction of sp³-hybridized carbons (Fsp3) is 0.714. The number of hydrogen-bond acceptors (Lipinski definition) is 9. The van der Waals surface area contributed by atoms with Crippen LogP contribution in [0, 0.1) is 0 Å². The van der Waals surface area contributed by atoms with Crippen molar-refractivity contribution in [3.8, 4) is 0 Å². The molecule has 13 heteroatoms. The minimum atomic E-state index is -1.33. The molecule has 27 heavy (non-hydrogen) atoms. The number of aliphatic carboxylic acids is 1. The van der Waals surface area contributed by atoms with Gasteiger partial charge >= 0.3 is 17.9 Å². The predicted octanol–water partition coefficient (Wildman–Crippen LogP) is -0.509. The summed E-state index contributed by atoms with van der Waals surface area (Å²) >= 11 is 0. The summed E-state index contributed by atoms with van der Waals surface area (Å²) in [5, 5.41) is 14.7. The molecule has 0 aromatic heterocycles. The molecule has 0 spiro atoms. The third-order valence-corrected chi connectivity index (χ3v) is 3.35. The predicted molar refractivity (Wildman–Crippen MR) is 85.0 cm³/mol. The zero-order chi connectivity index (χ0) is 20.6. The summed E-state index contributed by atoms with van der Waals surface area (Å²) in [5.41, 5.74) is 8.75. The van der Waals surface area contributed by atoms with E-state index < -0.39 is 61.0 Å². The van der Waals surface area contributed by atoms with Crippen LogP contribution in [0.15, 0.2) is 5.11 Å². The highest BCUT2D eigenvalue weighted by molar-refractivity contribution is 5.73. The minimum Gasteiger partial charge on any atom is -0.480 e. The molecule has 2 N–H and O–H groups in total. The molecule has 0 bridgehead atoms. The van der Waals surface area contributed by atoms with Crippen LogP contribution in [0.1, 0.15) is 20.8 Å². The fourth-order valence-corrected chi connectivity index (χ4v) is 2.49. The van der Waals surface area contributed by atoms with Crippen molar-refractivity contribution >= 4 is 23.8 Å². The first-order chi connectivity index (χ1) is 12.6. The summed E-state index contributed by atoms with van der Waals surface area (Å²) in [4.78, 5) is 47.6. The maximum Gasteiger partial charge on any atom is 0.329 e. The summed E-state index contributed by atoms with van der Waals surface area (Å²) in [7, 11) is 0. The second kappa shape index (κ2) is 10.3. The van der Waals surface area contributed by atoms with Gasteiger partial charge in [-0.05, 0) is 5.53 Å². The van der Waals surface area contributed by atoms with E-state index in [9.17, 15) is 19.2 Å². The largest absolute Gasteiger partial charge is 0.480 e. The smallest absolute Gasteiger partial charge is 0.329 e. The Morgan fingerprint density at radius 1 is 1.19 bits per heavy atom. The van der Waals surface area contributed by atoms with Crippen LogP contribution >= 0.6 is 0 Å². The van der Waals surface area contributed by atoms with Crippen molar-refractivity contribution in [2.24, 2.45) is 5.11 Å². The standard InChI is InChI=1S/C14H20N4O9/c1-6(19)16-11-13(26-8(3)21)12(25-5-10(22)23)9(4-24-7(2)20)27-14(11)17-18-15/h9,11-14H,4-5H2,1-3H3,(H,16,19)(H,22,23)/t9?,11?,12-,13-,14-/m1/s1. The molecular formula is C14H20N4O9. The van der Waals surface area contributed by atoms with Crippen molar-refractivity contribution in [2.45, 2.75) is 51.4 Å². The molecule has 0 aromatic rings. The molecule has 0 radical (unpaired) electrons. The SMILES string of the molecule is CC(=O)NC1[C@H](N=[N+]=[N-])OC(COC(C)=O)[C@@H](OCC(=O)O)[C@@H]1OC(C)=O. The molecular weight excluding hydrogens is 368 g/mol. The Bertz CT molecular complexity index is 634. The van der Waals surface area contributed by atoms with Crippen LogP contribution in [0.5, 0.6) is 0 Å². The number of carbonyl (C=O) groups excluding carboxylic acids is 3. The van der Waals surface area contributed by atoms with Gasteiger partial charge in [0.05, 0.1) is 0 Å². The lowest BCUT2D eigenvalue weighted by molar-refractivity contribution is -0.224. The van der Waals surface area contributed by atoms with E-state index in [-0.39, 0.29) is 6.61 Å². The monoisotopic (exact) mass is 388 g/mol. The highest BCUT2D eigenvalue weighted by atomic mass is 16.6. The summed E-state index contributed by atoms with van der Waals surface area (Å²) in [5.74, 6) is -3.26. The zero-order valence-electron chi connectivity index (χ0n) is 14.9. The number of hydrogen-bond donors (Lipinski definition) is 2. The lowest BCUT2D eigenvalue weighted by Gasteiger charge is -2.44. The number of carboxylic acid groups (broad SMARTS) is 1. The van der Waals surface area contributed by atoms with E-state index in [2.05, 4.69) is 15.3 Å². The maximum atomic E-state index is 11.5. The molecule has 1 fully saturated rings. The number of ether oxygens (including phenoxy) is 4. The van der Waals surface area contributed by atoms with E-state index in [4.69, 9.17) is 29.6 Å². The molecule has 1 heterocycles. The van der Waals surface area contributed by atoms with E-state index in [1.54, 1.807) is 0 Å². The topological polar surface area (TPSA) is 186 Å². The van der Waals surface area contributed by atoms with Crippen molar-refractivity contribution in [1.82, 2.24) is 5.32 Å². The van der Waals surface area contributed by atoms with E-state index in [0.29, 0.717) is 0 Å². The van der Waals surface area contributed by atoms with Crippen molar-refractivity contribution < 1.29 is 43.2 Å². The molecule has 150 valence electrons. The van der Waals surface area contributed by atoms with Gasteiger partial charge in [-0.2, -0.15) is 0 Å². The molecule has 1 saturated heterocycles. The van der Waals surface area contributed by atoms with Gasteiger partial charge in [0.2, 0.25) is 5.91 Å². The number of nitrogens with one attached hydrogen (secondary N) is 1. The van der Waals surface area contributed by atoms with Crippen LogP contribution in [0.2, 0.25) is 0 Å². The minimum absolute atomic E-state index is 0.387. The third-order valence-electron chi connectivity index (χ3n) is 3.35. The van der Waals surface area contributed by atoms with Crippen LogP contribution < -0.4 is 5.32 Å². The molecule has 0 aliphatic carbocycles. The number of azide groups is 1. The average Bonchev–Trinajstić information content (AvgIpc) is 2.54. The van der Waals surface area contributed by atoms with Crippen molar-refractivity contribution in [3.05, 3.63) is 10.4 Å². The Morgan fingerprint density at radius 3 is 2.33 bits per heavy atom. The van der Waals surface area contributed by atoms with E-state index in [1.165, 1.54) is 6.92 Å². The Balaban J connectivity index is 3.26. The van der Waals surface area contributed by atoms with E-state index in [1.807, 2.05) is 0 Å². The molecule has 1 aliphatic heterocycles. The first kappa shape index (κ1) is 22.2. The number of amides is 1. The van der Waals surface area contributed by atoms with Gasteiger partial charge in [-0.15, -0.1) is 0 Å². The summed E-state index contributed by atoms with van der Waals surface area (Å²) in [6, 6.07) is -1.16. The van der Waals surface area contributed by atoms with Gasteiger partial charge in [0.15, 0.2) is 12.3 Å². The number of carboxylic acids is 1. The number of nitrogens with zero attached hydrogens (tertiary/aromatic N) is 3. The molecule has 0 saturated carbocycles. The third kappa shape index (κ3) is 7.09. The summed E-state index contributed by atoms with van der Waals surface area (Å²) < 4.78 is 20.8. The first-order valence-electron chi connectivity index (χ1n) is 7.76. The van der Waals surface area contributed by atoms with Crippen molar-refractivity contribution in [3.63, 3.8) is 0 Å². The lowest BCUT2D eigenvalue weighted by atomic mass is 9.95. The Morgan fingerprint density at radius 2 is 1.85 bits per heavy atom. The van der Waals surface area contributed by atoms with E-state index >= 15 is 0 Å². The van der Waals surface area contributed by atoms with Gasteiger partial charge in [0.1, 0.15) is 31.5 Å². The van der Waals surface area contributed by atoms with Crippen molar-refractivity contribution in [2.75, 3.05) is 13.2 Å². The molecule has 5 atom stereocenters. The number of esters is 2. The summed E-state index contributed by atoms with van der Waals surface area (Å²) in [6.45, 7) is 2.25. The van der Waals surface area contributed by atoms with Crippen LogP contribution in [0.25, 0.3) is 10.4 Å². The van der Waals surface area contributed by atoms with Crippen LogP contribution in [-0.2, 0) is 38.1 Å². The number of rotatable bonds is 8. The Kier molecular flexibility index (Phi) is 8.45. The lowest BCUT2D eigenvalue weighted by Crippen LogP contribution is -2.65. The first-order valence-corrected chi connectivity index (χ1v) is 7.76. The number of carbonyl (C=O) groups is 4. The van der Waals surface area contributed by atoms with Crippen LogP contribution in [0.4, 0.5) is 0 Å². The van der Waals surface area contributed by atoms with Gasteiger partial charge in [-0.1, -0.05) is 5.11 Å².